The number of hydrogen-bond donors (Lipinski definition) is 1. The number of para-hydroxylation sites is 1. The van der Waals surface area contributed by atoms with Gasteiger partial charge in [-0.2, -0.15) is 23.5 Å². The Morgan fingerprint density at radius 1 is 1.08 bits per heavy atom. The van der Waals surface area contributed by atoms with Crippen LogP contribution in [0.1, 0.15) is 5.56 Å². The highest BCUT2D eigenvalue weighted by Crippen LogP contribution is 2.25. The van der Waals surface area contributed by atoms with Gasteiger partial charge >= 0.3 is 0 Å². The van der Waals surface area contributed by atoms with Crippen LogP contribution in [0.2, 0.25) is 0 Å². The summed E-state index contributed by atoms with van der Waals surface area (Å²) < 4.78 is 5.84. The minimum absolute atomic E-state index is 0.473. The fourth-order valence-corrected chi connectivity index (χ4v) is 6.04. The van der Waals surface area contributed by atoms with Gasteiger partial charge in [0.05, 0.1) is 18.7 Å². The van der Waals surface area contributed by atoms with Crippen molar-refractivity contribution in [1.82, 2.24) is 10.3 Å². The predicted octanol–water partition coefficient (Wildman–Crippen LogP) is 3.23. The molecule has 0 spiro atoms. The molecule has 2 saturated heterocycles. The Labute approximate surface area is 152 Å². The van der Waals surface area contributed by atoms with Gasteiger partial charge in [0.25, 0.3) is 0 Å². The number of hydrogen-bond acceptors (Lipinski definition) is 5. The number of nitrogens with zero attached hydrogens (tertiary/aromatic N) is 1. The third-order valence-electron chi connectivity index (χ3n) is 4.88. The first-order valence-corrected chi connectivity index (χ1v) is 11.0. The molecule has 3 heterocycles. The van der Waals surface area contributed by atoms with E-state index in [1.54, 1.807) is 0 Å². The molecule has 2 aliphatic heterocycles. The molecular formula is C19H24N2OS2. The molecule has 0 unspecified atom stereocenters. The molecule has 2 atom stereocenters. The largest absolute Gasteiger partial charge is 0.379 e. The Kier molecular flexibility index (Phi) is 5.63. The van der Waals surface area contributed by atoms with Gasteiger partial charge in [0, 0.05) is 52.6 Å². The fourth-order valence-electron chi connectivity index (χ4n) is 3.62. The number of benzene rings is 1. The highest BCUT2D eigenvalue weighted by atomic mass is 32.2. The van der Waals surface area contributed by atoms with Crippen LogP contribution in [0.15, 0.2) is 36.5 Å². The summed E-state index contributed by atoms with van der Waals surface area (Å²) in [7, 11) is 0. The quantitative estimate of drug-likeness (QED) is 0.905. The first-order chi connectivity index (χ1) is 11.9. The van der Waals surface area contributed by atoms with Crippen molar-refractivity contribution in [2.45, 2.75) is 18.5 Å². The summed E-state index contributed by atoms with van der Waals surface area (Å²) in [4.78, 5) is 4.49. The molecule has 4 rings (SSSR count). The van der Waals surface area contributed by atoms with Gasteiger partial charge in [-0.25, -0.2) is 0 Å². The van der Waals surface area contributed by atoms with E-state index in [0.29, 0.717) is 18.0 Å². The van der Waals surface area contributed by atoms with Gasteiger partial charge < -0.3 is 10.1 Å². The summed E-state index contributed by atoms with van der Waals surface area (Å²) in [5.41, 5.74) is 2.49. The highest BCUT2D eigenvalue weighted by molar-refractivity contribution is 8.03. The SMILES string of the molecule is c1ccc2c(C[C@@H]3COC[C@H]3NC3CSCCSC3)ccnc2c1. The molecule has 3 nitrogen and oxygen atoms in total. The Bertz CT molecular complexity index is 668. The van der Waals surface area contributed by atoms with E-state index >= 15 is 0 Å². The minimum atomic E-state index is 0.473. The molecule has 0 bridgehead atoms. The summed E-state index contributed by atoms with van der Waals surface area (Å²) in [5, 5.41) is 5.18. The van der Waals surface area contributed by atoms with Crippen molar-refractivity contribution >= 4 is 34.4 Å². The van der Waals surface area contributed by atoms with Crippen LogP contribution in [-0.4, -0.2) is 53.3 Å². The van der Waals surface area contributed by atoms with Crippen LogP contribution in [0.25, 0.3) is 10.9 Å². The molecule has 2 aliphatic rings. The number of nitrogens with one attached hydrogen (secondary N) is 1. The molecule has 1 N–H and O–H groups in total. The van der Waals surface area contributed by atoms with Crippen molar-refractivity contribution in [2.75, 3.05) is 36.2 Å². The molecule has 0 radical (unpaired) electrons. The van der Waals surface area contributed by atoms with Crippen LogP contribution in [0.4, 0.5) is 0 Å². The molecule has 0 amide bonds. The monoisotopic (exact) mass is 360 g/mol. The topological polar surface area (TPSA) is 34.1 Å². The summed E-state index contributed by atoms with van der Waals surface area (Å²) >= 11 is 4.16. The zero-order valence-electron chi connectivity index (χ0n) is 13.8. The maximum Gasteiger partial charge on any atom is 0.0704 e. The lowest BCUT2D eigenvalue weighted by Crippen LogP contribution is -2.45. The van der Waals surface area contributed by atoms with Gasteiger partial charge in [0.1, 0.15) is 0 Å². The molecule has 2 aromatic rings. The van der Waals surface area contributed by atoms with Crippen LogP contribution in [0.3, 0.4) is 0 Å². The number of rotatable bonds is 4. The van der Waals surface area contributed by atoms with Crippen molar-refractivity contribution in [3.8, 4) is 0 Å². The summed E-state index contributed by atoms with van der Waals surface area (Å²) in [6, 6.07) is 11.7. The number of ether oxygens (including phenoxy) is 1. The maximum absolute atomic E-state index is 5.84. The van der Waals surface area contributed by atoms with Gasteiger partial charge in [0.15, 0.2) is 0 Å². The molecule has 5 heteroatoms. The fraction of sp³-hybridized carbons (Fsp3) is 0.526. The van der Waals surface area contributed by atoms with Crippen LogP contribution in [-0.2, 0) is 11.2 Å². The molecule has 0 aliphatic carbocycles. The van der Waals surface area contributed by atoms with Crippen LogP contribution >= 0.6 is 23.5 Å². The summed E-state index contributed by atoms with van der Waals surface area (Å²) in [6.07, 6.45) is 3.00. The number of aromatic nitrogens is 1. The summed E-state index contributed by atoms with van der Waals surface area (Å²) in [6.45, 7) is 1.71. The first kappa shape index (κ1) is 16.7. The lowest BCUT2D eigenvalue weighted by molar-refractivity contribution is 0.182. The van der Waals surface area contributed by atoms with Crippen molar-refractivity contribution < 1.29 is 4.74 Å². The van der Waals surface area contributed by atoms with Crippen molar-refractivity contribution in [1.29, 1.82) is 0 Å². The van der Waals surface area contributed by atoms with Crippen LogP contribution in [0, 0.1) is 5.92 Å². The zero-order valence-corrected chi connectivity index (χ0v) is 15.5. The smallest absolute Gasteiger partial charge is 0.0704 e. The van der Waals surface area contributed by atoms with E-state index in [-0.39, 0.29) is 0 Å². The second-order valence-electron chi connectivity index (χ2n) is 6.61. The van der Waals surface area contributed by atoms with E-state index in [1.807, 2.05) is 6.20 Å². The van der Waals surface area contributed by atoms with Gasteiger partial charge in [-0.3, -0.25) is 4.98 Å². The Morgan fingerprint density at radius 3 is 2.79 bits per heavy atom. The zero-order chi connectivity index (χ0) is 16.2. The van der Waals surface area contributed by atoms with Gasteiger partial charge in [-0.1, -0.05) is 18.2 Å². The maximum atomic E-state index is 5.84. The minimum Gasteiger partial charge on any atom is -0.379 e. The lowest BCUT2D eigenvalue weighted by Gasteiger charge is -2.25. The first-order valence-electron chi connectivity index (χ1n) is 8.72. The van der Waals surface area contributed by atoms with E-state index in [4.69, 9.17) is 4.74 Å². The Balaban J connectivity index is 1.46. The predicted molar refractivity (Wildman–Crippen MR) is 105 cm³/mol. The molecule has 1 aromatic carbocycles. The van der Waals surface area contributed by atoms with Gasteiger partial charge in [0.2, 0.25) is 0 Å². The van der Waals surface area contributed by atoms with E-state index in [2.05, 4.69) is 64.2 Å². The van der Waals surface area contributed by atoms with E-state index < -0.39 is 0 Å². The van der Waals surface area contributed by atoms with Crippen LogP contribution in [0.5, 0.6) is 0 Å². The number of pyridine rings is 1. The lowest BCUT2D eigenvalue weighted by atomic mass is 9.93. The average Bonchev–Trinajstić information content (AvgIpc) is 2.88. The van der Waals surface area contributed by atoms with E-state index in [1.165, 1.54) is 34.0 Å². The standard InChI is InChI=1S/C19H24N2OS2/c1-2-4-18-17(3-1)14(5-6-20-18)9-15-10-22-11-19(15)21-16-12-23-7-8-24-13-16/h1-6,15-16,19,21H,7-13H2/t15-,19-/m1/s1. The second kappa shape index (κ2) is 8.09. The molecular weight excluding hydrogens is 336 g/mol. The van der Waals surface area contributed by atoms with Crippen molar-refractivity contribution in [3.63, 3.8) is 0 Å². The van der Waals surface area contributed by atoms with Gasteiger partial charge in [-0.15, -0.1) is 0 Å². The second-order valence-corrected chi connectivity index (χ2v) is 8.91. The van der Waals surface area contributed by atoms with Crippen LogP contribution < -0.4 is 5.32 Å². The van der Waals surface area contributed by atoms with Crippen molar-refractivity contribution in [3.05, 3.63) is 42.1 Å². The Hall–Kier alpha value is -0.750. The summed E-state index contributed by atoms with van der Waals surface area (Å²) in [5.74, 6) is 5.59. The Morgan fingerprint density at radius 2 is 1.92 bits per heavy atom. The van der Waals surface area contributed by atoms with E-state index in [0.717, 1.165) is 25.2 Å². The molecule has 128 valence electrons. The van der Waals surface area contributed by atoms with Gasteiger partial charge in [-0.05, 0) is 24.1 Å². The highest BCUT2D eigenvalue weighted by Gasteiger charge is 2.30. The van der Waals surface area contributed by atoms with E-state index in [9.17, 15) is 0 Å². The number of thioether (sulfide) groups is 2. The van der Waals surface area contributed by atoms with Crippen molar-refractivity contribution in [2.24, 2.45) is 5.92 Å². The molecule has 0 saturated carbocycles. The number of fused-ring (bicyclic) bond motifs is 1. The normalized spacial score (nSPS) is 25.8. The third kappa shape index (κ3) is 3.90. The average molecular weight is 361 g/mol. The third-order valence-corrected chi connectivity index (χ3v) is 7.40. The molecule has 1 aromatic heterocycles. The molecule has 24 heavy (non-hydrogen) atoms. The molecule has 2 fully saturated rings.